The molecular formula is C16H35N3O. The number of hydrogen-bond acceptors (Lipinski definition) is 4. The van der Waals surface area contributed by atoms with E-state index in [0.717, 1.165) is 31.5 Å². The van der Waals surface area contributed by atoms with Crippen molar-refractivity contribution in [2.75, 3.05) is 46.4 Å². The molecule has 4 nitrogen and oxygen atoms in total. The zero-order chi connectivity index (χ0) is 14.8. The molecule has 0 saturated carbocycles. The first-order valence-corrected chi connectivity index (χ1v) is 8.49. The summed E-state index contributed by atoms with van der Waals surface area (Å²) in [7, 11) is 1.80. The van der Waals surface area contributed by atoms with Gasteiger partial charge in [-0.2, -0.15) is 0 Å². The molecule has 2 aliphatic rings. The number of piperidine rings is 2. The normalized spacial score (nSPS) is 23.4. The van der Waals surface area contributed by atoms with Crippen molar-refractivity contribution in [1.29, 1.82) is 0 Å². The molecule has 2 rings (SSSR count). The summed E-state index contributed by atoms with van der Waals surface area (Å²) in [6.45, 7) is 11.0. The van der Waals surface area contributed by atoms with Crippen LogP contribution in [-0.4, -0.2) is 56.3 Å². The average molecular weight is 285 g/mol. The Labute approximate surface area is 125 Å². The predicted molar refractivity (Wildman–Crippen MR) is 85.5 cm³/mol. The van der Waals surface area contributed by atoms with Crippen LogP contribution in [0.25, 0.3) is 0 Å². The molecule has 0 aromatic carbocycles. The highest BCUT2D eigenvalue weighted by atomic mass is 16.5. The molecule has 0 unspecified atom stereocenters. The van der Waals surface area contributed by atoms with Gasteiger partial charge < -0.3 is 9.64 Å². The molecule has 2 aliphatic heterocycles. The molecule has 0 aromatic rings. The van der Waals surface area contributed by atoms with Gasteiger partial charge >= 0.3 is 0 Å². The molecule has 120 valence electrons. The maximum Gasteiger partial charge on any atom is 0.0464 e. The highest BCUT2D eigenvalue weighted by Gasteiger charge is 2.23. The molecule has 0 aliphatic carbocycles. The van der Waals surface area contributed by atoms with E-state index < -0.39 is 0 Å². The van der Waals surface area contributed by atoms with Crippen LogP contribution in [-0.2, 0) is 4.74 Å². The lowest BCUT2D eigenvalue weighted by atomic mass is 9.91. The van der Waals surface area contributed by atoms with E-state index in [1.807, 2.05) is 18.9 Å². The molecular weight excluding hydrogens is 250 g/mol. The van der Waals surface area contributed by atoms with E-state index in [-0.39, 0.29) is 0 Å². The first kappa shape index (κ1) is 17.9. The van der Waals surface area contributed by atoms with Crippen LogP contribution in [0.4, 0.5) is 0 Å². The Morgan fingerprint density at radius 1 is 0.950 bits per heavy atom. The lowest BCUT2D eigenvalue weighted by Crippen LogP contribution is -2.43. The van der Waals surface area contributed by atoms with E-state index in [1.54, 1.807) is 7.11 Å². The van der Waals surface area contributed by atoms with Crippen LogP contribution in [0.5, 0.6) is 0 Å². The smallest absolute Gasteiger partial charge is 0.0464 e. The van der Waals surface area contributed by atoms with Crippen molar-refractivity contribution in [2.45, 2.75) is 46.0 Å². The molecule has 0 aromatic heterocycles. The average Bonchev–Trinajstić information content (AvgIpc) is 2.51. The van der Waals surface area contributed by atoms with Crippen molar-refractivity contribution in [3.63, 3.8) is 0 Å². The van der Waals surface area contributed by atoms with Crippen LogP contribution in [0.2, 0.25) is 0 Å². The zero-order valence-electron chi connectivity index (χ0n) is 13.8. The van der Waals surface area contributed by atoms with Gasteiger partial charge in [0, 0.05) is 33.4 Å². The minimum Gasteiger partial charge on any atom is -0.385 e. The summed E-state index contributed by atoms with van der Waals surface area (Å²) in [6.07, 6.45) is 6.52. The van der Waals surface area contributed by atoms with Gasteiger partial charge in [0.25, 0.3) is 0 Å². The number of hydrazine groups is 1. The summed E-state index contributed by atoms with van der Waals surface area (Å²) in [5, 5.41) is 1.97. The fraction of sp³-hybridized carbons (Fsp3) is 1.00. The lowest BCUT2D eigenvalue weighted by Gasteiger charge is -2.36. The van der Waals surface area contributed by atoms with Crippen molar-refractivity contribution in [2.24, 2.45) is 17.7 Å². The van der Waals surface area contributed by atoms with Crippen LogP contribution < -0.4 is 5.84 Å². The van der Waals surface area contributed by atoms with Gasteiger partial charge in [-0.3, -0.25) is 5.84 Å². The number of likely N-dealkylation sites (tertiary alicyclic amines) is 1. The molecule has 0 atom stereocenters. The second-order valence-corrected chi connectivity index (χ2v) is 6.00. The van der Waals surface area contributed by atoms with E-state index in [1.165, 1.54) is 51.7 Å². The number of rotatable bonds is 5. The molecule has 2 fully saturated rings. The third-order valence-corrected chi connectivity index (χ3v) is 4.60. The van der Waals surface area contributed by atoms with E-state index >= 15 is 0 Å². The third kappa shape index (κ3) is 6.53. The van der Waals surface area contributed by atoms with Crippen molar-refractivity contribution in [1.82, 2.24) is 9.91 Å². The Morgan fingerprint density at radius 3 is 2.05 bits per heavy atom. The number of nitrogens with two attached hydrogens (primary N) is 1. The molecule has 2 N–H and O–H groups in total. The van der Waals surface area contributed by atoms with Crippen molar-refractivity contribution in [3.05, 3.63) is 0 Å². The molecule has 0 amide bonds. The van der Waals surface area contributed by atoms with Crippen molar-refractivity contribution < 1.29 is 4.74 Å². The van der Waals surface area contributed by atoms with Gasteiger partial charge in [0.05, 0.1) is 0 Å². The largest absolute Gasteiger partial charge is 0.385 e. The van der Waals surface area contributed by atoms with Gasteiger partial charge in [-0.25, -0.2) is 5.01 Å². The standard InChI is InChI=1S/C14H29N3O.C2H6/c1-18-11-6-13-2-7-16(8-3-13)12-14-4-9-17(15)10-5-14;1-2/h13-14H,2-12,15H2,1H3;1-2H3. The first-order valence-electron chi connectivity index (χ1n) is 8.49. The number of ether oxygens (including phenoxy) is 1. The Balaban J connectivity index is 0.000000956. The SMILES string of the molecule is CC.COCCC1CCN(CC2CCN(N)CC2)CC1. The highest BCUT2D eigenvalue weighted by Crippen LogP contribution is 2.23. The predicted octanol–water partition coefficient (Wildman–Crippen LogP) is 2.35. The van der Waals surface area contributed by atoms with E-state index in [9.17, 15) is 0 Å². The van der Waals surface area contributed by atoms with Gasteiger partial charge in [0.15, 0.2) is 0 Å². The fourth-order valence-corrected chi connectivity index (χ4v) is 3.24. The van der Waals surface area contributed by atoms with E-state index in [0.29, 0.717) is 0 Å². The second-order valence-electron chi connectivity index (χ2n) is 6.00. The van der Waals surface area contributed by atoms with Crippen LogP contribution in [0.3, 0.4) is 0 Å². The summed E-state index contributed by atoms with van der Waals surface area (Å²) in [4.78, 5) is 2.67. The minimum absolute atomic E-state index is 0.875. The van der Waals surface area contributed by atoms with E-state index in [2.05, 4.69) is 4.90 Å². The van der Waals surface area contributed by atoms with Gasteiger partial charge in [0.2, 0.25) is 0 Å². The lowest BCUT2D eigenvalue weighted by molar-refractivity contribution is 0.104. The van der Waals surface area contributed by atoms with Crippen LogP contribution in [0, 0.1) is 11.8 Å². The van der Waals surface area contributed by atoms with Gasteiger partial charge in [-0.15, -0.1) is 0 Å². The number of hydrogen-bond donors (Lipinski definition) is 1. The fourth-order valence-electron chi connectivity index (χ4n) is 3.24. The second kappa shape index (κ2) is 10.6. The van der Waals surface area contributed by atoms with Gasteiger partial charge in [-0.05, 0) is 57.0 Å². The quantitative estimate of drug-likeness (QED) is 0.787. The molecule has 0 bridgehead atoms. The first-order chi connectivity index (χ1) is 9.78. The maximum atomic E-state index is 5.80. The molecule has 0 radical (unpaired) electrons. The number of nitrogens with zero attached hydrogens (tertiary/aromatic N) is 2. The topological polar surface area (TPSA) is 41.7 Å². The van der Waals surface area contributed by atoms with Crippen molar-refractivity contribution in [3.8, 4) is 0 Å². The van der Waals surface area contributed by atoms with Crippen LogP contribution in [0.1, 0.15) is 46.0 Å². The Bertz CT molecular complexity index is 222. The van der Waals surface area contributed by atoms with Crippen molar-refractivity contribution >= 4 is 0 Å². The molecule has 0 spiro atoms. The molecule has 2 saturated heterocycles. The molecule has 2 heterocycles. The van der Waals surface area contributed by atoms with Gasteiger partial charge in [-0.1, -0.05) is 13.8 Å². The Morgan fingerprint density at radius 2 is 1.50 bits per heavy atom. The van der Waals surface area contributed by atoms with Gasteiger partial charge in [0.1, 0.15) is 0 Å². The monoisotopic (exact) mass is 285 g/mol. The summed E-state index contributed by atoms with van der Waals surface area (Å²) >= 11 is 0. The summed E-state index contributed by atoms with van der Waals surface area (Å²) < 4.78 is 5.17. The van der Waals surface area contributed by atoms with E-state index in [4.69, 9.17) is 10.6 Å². The minimum atomic E-state index is 0.875. The van der Waals surface area contributed by atoms with Crippen LogP contribution >= 0.6 is 0 Å². The summed E-state index contributed by atoms with van der Waals surface area (Å²) in [5.41, 5.74) is 0. The van der Waals surface area contributed by atoms with Crippen LogP contribution in [0.15, 0.2) is 0 Å². The Kier molecular flexibility index (Phi) is 9.44. The summed E-state index contributed by atoms with van der Waals surface area (Å²) in [5.74, 6) is 7.57. The summed E-state index contributed by atoms with van der Waals surface area (Å²) in [6, 6.07) is 0. The third-order valence-electron chi connectivity index (χ3n) is 4.60. The Hall–Kier alpha value is -0.160. The zero-order valence-corrected chi connectivity index (χ0v) is 13.8. The molecule has 4 heteroatoms. The molecule has 20 heavy (non-hydrogen) atoms. The maximum absolute atomic E-state index is 5.80. The number of methoxy groups -OCH3 is 1. The highest BCUT2D eigenvalue weighted by molar-refractivity contribution is 4.77.